The number of hydrogen-bond acceptors (Lipinski definition) is 6. The minimum absolute atomic E-state index is 0.0657. The van der Waals surface area contributed by atoms with Gasteiger partial charge in [0.15, 0.2) is 0 Å². The molecule has 0 bridgehead atoms. The van der Waals surface area contributed by atoms with E-state index in [1.54, 1.807) is 17.5 Å². The number of nitrogens with zero attached hydrogens (tertiary/aromatic N) is 3. The molecule has 2 aliphatic rings. The second kappa shape index (κ2) is 9.84. The topological polar surface area (TPSA) is 80.8 Å². The molecule has 0 saturated heterocycles. The number of fused-ring (bicyclic) bond motifs is 2. The molecule has 4 heterocycles. The minimum atomic E-state index is -0.180. The number of likely N-dealkylation sites (N-methyl/N-ethyl adjacent to an activating group) is 1. The predicted molar refractivity (Wildman–Crippen MR) is 147 cm³/mol. The van der Waals surface area contributed by atoms with E-state index in [2.05, 4.69) is 29.0 Å². The van der Waals surface area contributed by atoms with Crippen LogP contribution < -0.4 is 10.9 Å². The van der Waals surface area contributed by atoms with Crippen LogP contribution in [0.2, 0.25) is 5.02 Å². The third kappa shape index (κ3) is 4.73. The van der Waals surface area contributed by atoms with Crippen LogP contribution in [0.25, 0.3) is 0 Å². The predicted octanol–water partition coefficient (Wildman–Crippen LogP) is 4.72. The van der Waals surface area contributed by atoms with Crippen LogP contribution in [0.5, 0.6) is 0 Å². The molecule has 188 valence electrons. The Hall–Kier alpha value is -2.94. The van der Waals surface area contributed by atoms with Gasteiger partial charge in [0.25, 0.3) is 11.5 Å². The molecular weight excluding hydrogens is 494 g/mol. The van der Waals surface area contributed by atoms with E-state index in [1.165, 1.54) is 0 Å². The average molecular weight is 524 g/mol. The maximum atomic E-state index is 13.1. The molecule has 1 amide bonds. The zero-order chi connectivity index (χ0) is 25.6. The second-order valence-electron chi connectivity index (χ2n) is 9.91. The first-order valence-electron chi connectivity index (χ1n) is 12.1. The minimum Gasteiger partial charge on any atom is -0.381 e. The summed E-state index contributed by atoms with van der Waals surface area (Å²) in [5, 5.41) is 6.24. The molecule has 36 heavy (non-hydrogen) atoms. The summed E-state index contributed by atoms with van der Waals surface area (Å²) < 4.78 is 0. The van der Waals surface area contributed by atoms with Gasteiger partial charge in [0.2, 0.25) is 0 Å². The van der Waals surface area contributed by atoms with E-state index in [1.807, 2.05) is 48.6 Å². The van der Waals surface area contributed by atoms with Crippen LogP contribution in [0.3, 0.4) is 0 Å². The lowest BCUT2D eigenvalue weighted by Gasteiger charge is -2.25. The van der Waals surface area contributed by atoms with Crippen LogP contribution in [-0.4, -0.2) is 59.1 Å². The van der Waals surface area contributed by atoms with Gasteiger partial charge in [-0.15, -0.1) is 11.3 Å². The van der Waals surface area contributed by atoms with Crippen molar-refractivity contribution in [2.45, 2.75) is 45.3 Å². The Morgan fingerprint density at radius 1 is 1.22 bits per heavy atom. The summed E-state index contributed by atoms with van der Waals surface area (Å²) in [5.74, 6) is 0.0657. The number of thiophene rings is 1. The number of nitrogens with one attached hydrogen (secondary N) is 2. The highest BCUT2D eigenvalue weighted by atomic mass is 35.5. The number of rotatable bonds is 8. The number of pyridine rings is 1. The maximum absolute atomic E-state index is 13.1. The highest BCUT2D eigenvalue weighted by Crippen LogP contribution is 2.36. The monoisotopic (exact) mass is 523 g/mol. The maximum Gasteiger partial charge on any atom is 0.259 e. The molecular formula is C27H30ClN5O2S. The molecule has 0 aliphatic carbocycles. The van der Waals surface area contributed by atoms with E-state index in [-0.39, 0.29) is 23.6 Å². The lowest BCUT2D eigenvalue weighted by Crippen LogP contribution is -2.38. The number of aromatic nitrogens is 1. The number of hydrogen-bond donors (Lipinski definition) is 2. The van der Waals surface area contributed by atoms with Crippen molar-refractivity contribution in [3.05, 3.63) is 78.3 Å². The normalized spacial score (nSPS) is 16.2. The van der Waals surface area contributed by atoms with Gasteiger partial charge in [-0.05, 0) is 68.7 Å². The summed E-state index contributed by atoms with van der Waals surface area (Å²) in [6.07, 6.45) is 2.92. The zero-order valence-electron chi connectivity index (χ0n) is 20.9. The fraction of sp³-hybridized carbons (Fsp3) is 0.370. The third-order valence-electron chi connectivity index (χ3n) is 7.00. The molecule has 2 N–H and O–H groups in total. The lowest BCUT2D eigenvalue weighted by atomic mass is 10.00. The van der Waals surface area contributed by atoms with Crippen LogP contribution in [0, 0.1) is 0 Å². The van der Waals surface area contributed by atoms with Crippen molar-refractivity contribution in [2.24, 2.45) is 4.99 Å². The summed E-state index contributed by atoms with van der Waals surface area (Å²) in [6, 6.07) is 8.11. The van der Waals surface area contributed by atoms with Crippen molar-refractivity contribution in [1.29, 1.82) is 0 Å². The molecule has 0 unspecified atom stereocenters. The fourth-order valence-electron chi connectivity index (χ4n) is 4.79. The summed E-state index contributed by atoms with van der Waals surface area (Å²) in [6.45, 7) is 5.46. The summed E-state index contributed by atoms with van der Waals surface area (Å²) in [4.78, 5) is 38.8. The number of carbonyl (C=O) groups is 1. The van der Waals surface area contributed by atoms with Crippen molar-refractivity contribution < 1.29 is 4.79 Å². The van der Waals surface area contributed by atoms with Gasteiger partial charge in [-0.1, -0.05) is 11.6 Å². The number of aliphatic imine (C=N–C) groups is 1. The van der Waals surface area contributed by atoms with Gasteiger partial charge in [0, 0.05) is 54.7 Å². The molecule has 2 atom stereocenters. The van der Waals surface area contributed by atoms with E-state index in [4.69, 9.17) is 16.6 Å². The lowest BCUT2D eigenvalue weighted by molar-refractivity contribution is 0.0739. The molecule has 3 aromatic rings. The van der Waals surface area contributed by atoms with Gasteiger partial charge in [-0.2, -0.15) is 0 Å². The third-order valence-corrected chi connectivity index (χ3v) is 8.41. The Balaban J connectivity index is 1.38. The SMILES string of the molecule is C[C@@H](Cc1sccc1Cl)Nc1cc[nH]c(=O)c1C1=Nc2cc3c(cc2C1)C(=O)N(C[C@H](C)N(C)C)C3. The molecule has 5 rings (SSSR count). The van der Waals surface area contributed by atoms with Gasteiger partial charge < -0.3 is 20.1 Å². The largest absolute Gasteiger partial charge is 0.381 e. The Labute approximate surface area is 219 Å². The number of benzene rings is 1. The highest BCUT2D eigenvalue weighted by Gasteiger charge is 2.32. The number of carbonyl (C=O) groups excluding carboxylic acids is 1. The Morgan fingerprint density at radius 2 is 2.03 bits per heavy atom. The number of halogens is 1. The standard InChI is InChI=1S/C27H30ClN5O2S/c1-15(9-24-20(28)6-8-36-24)30-21-5-7-29-26(34)25(21)23-11-17-10-19-18(12-22(17)31-23)14-33(27(19)35)13-16(2)32(3)4/h5-8,10,12,15-16H,9,11,13-14H2,1-4H3,(H2,29,30,34)/t15-,16-/m0/s1. The van der Waals surface area contributed by atoms with Crippen LogP contribution >= 0.6 is 22.9 Å². The average Bonchev–Trinajstić information content (AvgIpc) is 3.50. The first-order chi connectivity index (χ1) is 17.2. The van der Waals surface area contributed by atoms with Gasteiger partial charge in [0.05, 0.1) is 27.7 Å². The second-order valence-corrected chi connectivity index (χ2v) is 11.3. The summed E-state index contributed by atoms with van der Waals surface area (Å²) in [5.41, 5.74) is 5.39. The Morgan fingerprint density at radius 3 is 2.75 bits per heavy atom. The van der Waals surface area contributed by atoms with E-state index < -0.39 is 0 Å². The molecule has 0 fully saturated rings. The van der Waals surface area contributed by atoms with Gasteiger partial charge in [-0.3, -0.25) is 14.6 Å². The Bertz CT molecular complexity index is 1410. The summed E-state index contributed by atoms with van der Waals surface area (Å²) >= 11 is 7.91. The van der Waals surface area contributed by atoms with Crippen molar-refractivity contribution in [1.82, 2.24) is 14.8 Å². The first kappa shape index (κ1) is 24.7. The first-order valence-corrected chi connectivity index (χ1v) is 13.4. The fourth-order valence-corrected chi connectivity index (χ4v) is 6.03. The molecule has 0 spiro atoms. The van der Waals surface area contributed by atoms with Crippen LogP contribution in [-0.2, 0) is 19.4 Å². The zero-order valence-corrected chi connectivity index (χ0v) is 22.5. The van der Waals surface area contributed by atoms with Gasteiger partial charge in [0.1, 0.15) is 0 Å². The number of amides is 1. The molecule has 1 aromatic carbocycles. The number of H-pyrrole nitrogens is 1. The van der Waals surface area contributed by atoms with Gasteiger partial charge >= 0.3 is 0 Å². The van der Waals surface area contributed by atoms with Crippen molar-refractivity contribution in [3.63, 3.8) is 0 Å². The number of aromatic amines is 1. The van der Waals surface area contributed by atoms with Crippen LogP contribution in [0.4, 0.5) is 11.4 Å². The molecule has 0 saturated carbocycles. The molecule has 2 aromatic heterocycles. The van der Waals surface area contributed by atoms with E-state index in [0.29, 0.717) is 30.8 Å². The van der Waals surface area contributed by atoms with Crippen molar-refractivity contribution in [2.75, 3.05) is 26.0 Å². The molecule has 2 aliphatic heterocycles. The van der Waals surface area contributed by atoms with E-state index in [0.717, 1.165) is 44.4 Å². The molecule has 7 nitrogen and oxygen atoms in total. The quantitative estimate of drug-likeness (QED) is 0.448. The molecule has 9 heteroatoms. The molecule has 0 radical (unpaired) electrons. The van der Waals surface area contributed by atoms with E-state index >= 15 is 0 Å². The Kier molecular flexibility index (Phi) is 6.76. The summed E-state index contributed by atoms with van der Waals surface area (Å²) in [7, 11) is 4.05. The smallest absolute Gasteiger partial charge is 0.259 e. The van der Waals surface area contributed by atoms with Gasteiger partial charge in [-0.25, -0.2) is 0 Å². The van der Waals surface area contributed by atoms with Crippen LogP contribution in [0.15, 0.2) is 45.6 Å². The number of anilines is 1. The van der Waals surface area contributed by atoms with Crippen LogP contribution in [0.1, 0.15) is 45.8 Å². The van der Waals surface area contributed by atoms with E-state index in [9.17, 15) is 9.59 Å². The van der Waals surface area contributed by atoms with Crippen molar-refractivity contribution in [3.8, 4) is 0 Å². The highest BCUT2D eigenvalue weighted by molar-refractivity contribution is 7.10. The van der Waals surface area contributed by atoms with Crippen molar-refractivity contribution >= 4 is 45.9 Å².